The number of benzene rings is 1. The molecule has 3 aromatic rings. The fourth-order valence-electron chi connectivity index (χ4n) is 4.16. The summed E-state index contributed by atoms with van der Waals surface area (Å²) < 4.78 is 19.8. The fraction of sp³-hybridized carbons (Fsp3) is 0.364. The van der Waals surface area contributed by atoms with Crippen LogP contribution in [-0.4, -0.2) is 73.9 Å². The number of aromatic nitrogens is 4. The zero-order chi connectivity index (χ0) is 25.2. The molecule has 0 radical (unpaired) electrons. The second-order valence-electron chi connectivity index (χ2n) is 8.03. The second-order valence-corrected chi connectivity index (χ2v) is 8.03. The molecule has 3 amide bonds. The Bertz CT molecular complexity index is 1280. The fourth-order valence-corrected chi connectivity index (χ4v) is 4.16. The minimum absolute atomic E-state index is 0.195. The zero-order valence-electron chi connectivity index (χ0n) is 19.0. The molecule has 14 nitrogen and oxygen atoms in total. The summed E-state index contributed by atoms with van der Waals surface area (Å²) in [7, 11) is 0. The van der Waals surface area contributed by atoms with Crippen molar-refractivity contribution in [3.8, 4) is 0 Å². The van der Waals surface area contributed by atoms with Gasteiger partial charge in [0.05, 0.1) is 6.33 Å². The van der Waals surface area contributed by atoms with Gasteiger partial charge in [0.15, 0.2) is 35.6 Å². The summed E-state index contributed by atoms with van der Waals surface area (Å²) in [4.78, 5) is 48.5. The van der Waals surface area contributed by atoms with Gasteiger partial charge < -0.3 is 30.0 Å². The van der Waals surface area contributed by atoms with Gasteiger partial charge >= 0.3 is 12.0 Å². The molecule has 36 heavy (non-hydrogen) atoms. The van der Waals surface area contributed by atoms with Crippen LogP contribution in [0.4, 0.5) is 10.6 Å². The maximum Gasteiger partial charge on any atom is 0.322 e. The highest BCUT2D eigenvalue weighted by molar-refractivity contribution is 5.95. The van der Waals surface area contributed by atoms with Gasteiger partial charge in [-0.25, -0.2) is 19.7 Å². The number of anilines is 1. The Morgan fingerprint density at radius 3 is 2.56 bits per heavy atom. The number of carbonyl (C=O) groups is 3. The number of carboxylic acid groups (broad SMARTS) is 1. The number of imidazole rings is 1. The van der Waals surface area contributed by atoms with Crippen molar-refractivity contribution in [1.82, 2.24) is 30.2 Å². The maximum atomic E-state index is 12.8. The molecule has 0 aliphatic carbocycles. The van der Waals surface area contributed by atoms with Crippen LogP contribution in [0.5, 0.6) is 0 Å². The highest BCUT2D eigenvalue weighted by Crippen LogP contribution is 2.44. The van der Waals surface area contributed by atoms with E-state index >= 15 is 0 Å². The number of aliphatic carboxylic acids is 1. The van der Waals surface area contributed by atoms with Crippen LogP contribution < -0.4 is 16.0 Å². The predicted molar refractivity (Wildman–Crippen MR) is 122 cm³/mol. The van der Waals surface area contributed by atoms with Crippen LogP contribution in [-0.2, 0) is 23.8 Å². The first-order valence-corrected chi connectivity index (χ1v) is 11.2. The molecule has 1 aromatic carbocycles. The molecule has 0 bridgehead atoms. The lowest BCUT2D eigenvalue weighted by atomic mass is 10.1. The molecular formula is C22H23N7O7. The lowest BCUT2D eigenvalue weighted by Gasteiger charge is -2.21. The highest BCUT2D eigenvalue weighted by atomic mass is 16.8. The van der Waals surface area contributed by atoms with Gasteiger partial charge in [0.25, 0.3) is 5.91 Å². The predicted octanol–water partition coefficient (Wildman–Crippen LogP) is 0.549. The maximum absolute atomic E-state index is 12.8. The van der Waals surface area contributed by atoms with Crippen molar-refractivity contribution in [2.45, 2.75) is 37.8 Å². The Balaban J connectivity index is 1.46. The summed E-state index contributed by atoms with van der Waals surface area (Å²) in [6.07, 6.45) is -1.67. The molecule has 4 heterocycles. The van der Waals surface area contributed by atoms with Gasteiger partial charge in [-0.05, 0) is 6.92 Å². The molecule has 4 N–H and O–H groups in total. The van der Waals surface area contributed by atoms with Crippen molar-refractivity contribution in [3.63, 3.8) is 0 Å². The molecule has 2 fully saturated rings. The van der Waals surface area contributed by atoms with E-state index in [1.165, 1.54) is 12.7 Å². The van der Waals surface area contributed by atoms with Gasteiger partial charge in [-0.2, -0.15) is 0 Å². The van der Waals surface area contributed by atoms with Crippen molar-refractivity contribution in [2.24, 2.45) is 0 Å². The lowest BCUT2D eigenvalue weighted by Crippen LogP contribution is -2.43. The number of urea groups is 1. The number of hydrogen-bond acceptors (Lipinski definition) is 9. The molecule has 2 saturated heterocycles. The van der Waals surface area contributed by atoms with E-state index < -0.39 is 55.3 Å². The number of carboxylic acids is 1. The third kappa shape index (κ3) is 4.44. The number of nitrogens with one attached hydrogen (secondary N) is 3. The van der Waals surface area contributed by atoms with Crippen molar-refractivity contribution >= 4 is 34.9 Å². The topological polar surface area (TPSA) is 179 Å². The Labute approximate surface area is 204 Å². The van der Waals surface area contributed by atoms with Crippen LogP contribution in [0.3, 0.4) is 0 Å². The van der Waals surface area contributed by atoms with E-state index in [1.807, 2.05) is 30.3 Å². The molecule has 5 rings (SSSR count). The monoisotopic (exact) mass is 497 g/mol. The number of nitrogens with zero attached hydrogens (tertiary/aromatic N) is 4. The third-order valence-corrected chi connectivity index (χ3v) is 5.70. The van der Waals surface area contributed by atoms with Crippen LogP contribution in [0.25, 0.3) is 11.2 Å². The summed E-state index contributed by atoms with van der Waals surface area (Å²) in [6.45, 7) is 1.64. The first-order valence-electron chi connectivity index (χ1n) is 11.2. The van der Waals surface area contributed by atoms with Crippen molar-refractivity contribution in [2.75, 3.05) is 18.4 Å². The third-order valence-electron chi connectivity index (χ3n) is 5.70. The number of fused-ring (bicyclic) bond motifs is 2. The molecule has 0 spiro atoms. The number of ether oxygens (including phenoxy) is 3. The Kier molecular flexibility index (Phi) is 6.45. The molecule has 4 unspecified atom stereocenters. The van der Waals surface area contributed by atoms with Crippen LogP contribution in [0.2, 0.25) is 0 Å². The second kappa shape index (κ2) is 9.85. The Morgan fingerprint density at radius 2 is 1.81 bits per heavy atom. The highest BCUT2D eigenvalue weighted by Gasteiger charge is 2.56. The molecule has 188 valence electrons. The average Bonchev–Trinajstić information content (AvgIpc) is 3.57. The first kappa shape index (κ1) is 23.6. The first-order chi connectivity index (χ1) is 17.5. The standard InChI is InChI=1S/C22H23N7O7/c1-2-23-22(33)28-17-13-18(26-9-25-17)29(10-27-13)20-16-14(15(34-20)19(32)24-8-12(30)31)35-21(36-16)11-6-4-3-5-7-11/h3-7,9-10,14-16,20-21H,2,8H2,1H3,(H,24,32)(H,30,31)(H2,23,25,26,28,33)/t14?,15?,16?,20?,21-/m0/s1. The van der Waals surface area contributed by atoms with Gasteiger partial charge in [-0.3, -0.25) is 19.5 Å². The van der Waals surface area contributed by atoms with E-state index in [1.54, 1.807) is 11.5 Å². The smallest absolute Gasteiger partial charge is 0.322 e. The minimum Gasteiger partial charge on any atom is -0.480 e. The normalized spacial score (nSPS) is 24.9. The average molecular weight is 497 g/mol. The lowest BCUT2D eigenvalue weighted by molar-refractivity contribution is -0.162. The number of amides is 3. The van der Waals surface area contributed by atoms with Crippen LogP contribution in [0.15, 0.2) is 43.0 Å². The molecule has 5 atom stereocenters. The summed E-state index contributed by atoms with van der Waals surface area (Å²) in [5.41, 5.74) is 1.39. The van der Waals surface area contributed by atoms with Crippen LogP contribution in [0.1, 0.15) is 25.0 Å². The largest absolute Gasteiger partial charge is 0.480 e. The molecule has 2 aliphatic heterocycles. The Morgan fingerprint density at radius 1 is 1.03 bits per heavy atom. The molecular weight excluding hydrogens is 474 g/mol. The molecule has 0 saturated carbocycles. The summed E-state index contributed by atoms with van der Waals surface area (Å²) in [5.74, 6) is -1.64. The Hall–Kier alpha value is -4.14. The van der Waals surface area contributed by atoms with Gasteiger partial charge in [0.1, 0.15) is 25.1 Å². The van der Waals surface area contributed by atoms with E-state index in [0.29, 0.717) is 17.7 Å². The number of rotatable bonds is 7. The van der Waals surface area contributed by atoms with Gasteiger partial charge in [-0.1, -0.05) is 30.3 Å². The molecule has 14 heteroatoms. The van der Waals surface area contributed by atoms with Gasteiger partial charge in [0.2, 0.25) is 0 Å². The van der Waals surface area contributed by atoms with E-state index in [4.69, 9.17) is 19.3 Å². The van der Waals surface area contributed by atoms with Gasteiger partial charge in [0, 0.05) is 12.1 Å². The summed E-state index contributed by atoms with van der Waals surface area (Å²) in [6, 6.07) is 8.75. The summed E-state index contributed by atoms with van der Waals surface area (Å²) >= 11 is 0. The van der Waals surface area contributed by atoms with Crippen molar-refractivity contribution in [1.29, 1.82) is 0 Å². The van der Waals surface area contributed by atoms with Crippen molar-refractivity contribution in [3.05, 3.63) is 48.5 Å². The van der Waals surface area contributed by atoms with Crippen LogP contribution in [0, 0.1) is 0 Å². The van der Waals surface area contributed by atoms with E-state index in [2.05, 4.69) is 30.9 Å². The summed E-state index contributed by atoms with van der Waals surface area (Å²) in [5, 5.41) is 16.5. The minimum atomic E-state index is -1.19. The van der Waals surface area contributed by atoms with E-state index in [-0.39, 0.29) is 5.82 Å². The number of carbonyl (C=O) groups excluding carboxylic acids is 2. The SMILES string of the molecule is CCNC(=O)Nc1ncnc2c1ncn2C1OC(C(=O)NCC(=O)O)C2O[C@H](c3ccccc3)OC21. The van der Waals surface area contributed by atoms with E-state index in [9.17, 15) is 14.4 Å². The molecule has 2 aromatic heterocycles. The zero-order valence-corrected chi connectivity index (χ0v) is 19.0. The number of hydrogen-bond donors (Lipinski definition) is 4. The van der Waals surface area contributed by atoms with E-state index in [0.717, 1.165) is 5.56 Å². The van der Waals surface area contributed by atoms with Gasteiger partial charge in [-0.15, -0.1) is 0 Å². The molecule has 2 aliphatic rings. The quantitative estimate of drug-likeness (QED) is 0.360. The van der Waals surface area contributed by atoms with Crippen LogP contribution >= 0.6 is 0 Å². The van der Waals surface area contributed by atoms with Crippen molar-refractivity contribution < 1.29 is 33.7 Å².